The zero-order valence-electron chi connectivity index (χ0n) is 13.3. The highest BCUT2D eigenvalue weighted by atomic mass is 32.1. The molecule has 122 valence electrons. The van der Waals surface area contributed by atoms with E-state index in [1.165, 1.54) is 23.5 Å². The number of thiazole rings is 1. The summed E-state index contributed by atoms with van der Waals surface area (Å²) in [6, 6.07) is 6.33. The highest BCUT2D eigenvalue weighted by Gasteiger charge is 2.30. The van der Waals surface area contributed by atoms with Gasteiger partial charge in [0, 0.05) is 17.1 Å². The maximum atomic E-state index is 13.7. The van der Waals surface area contributed by atoms with Gasteiger partial charge in [0.25, 0.3) is 5.91 Å². The number of aromatic nitrogens is 1. The van der Waals surface area contributed by atoms with Crippen molar-refractivity contribution in [1.82, 2.24) is 9.88 Å². The normalized spacial score (nSPS) is 16.5. The molecule has 2 aromatic rings. The highest BCUT2D eigenvalue weighted by molar-refractivity contribution is 7.09. The third kappa shape index (κ3) is 3.59. The zero-order chi connectivity index (χ0) is 16.4. The third-order valence-corrected chi connectivity index (χ3v) is 4.97. The van der Waals surface area contributed by atoms with Crippen LogP contribution in [0.3, 0.4) is 0 Å². The second-order valence-electron chi connectivity index (χ2n) is 5.94. The molecule has 1 fully saturated rings. The van der Waals surface area contributed by atoms with Gasteiger partial charge in [-0.2, -0.15) is 0 Å². The SMILES string of the molecule is Cc1nc(C(=O)N(c2cccc(F)c2)C2CCN(C)CC2)cs1. The van der Waals surface area contributed by atoms with E-state index in [1.54, 1.807) is 22.4 Å². The molecule has 6 heteroatoms. The van der Waals surface area contributed by atoms with Crippen LogP contribution in [0.2, 0.25) is 0 Å². The van der Waals surface area contributed by atoms with Crippen LogP contribution in [0.4, 0.5) is 10.1 Å². The smallest absolute Gasteiger partial charge is 0.278 e. The fraction of sp³-hybridized carbons (Fsp3) is 0.412. The van der Waals surface area contributed by atoms with E-state index in [9.17, 15) is 9.18 Å². The van der Waals surface area contributed by atoms with Gasteiger partial charge >= 0.3 is 0 Å². The maximum absolute atomic E-state index is 13.7. The van der Waals surface area contributed by atoms with Crippen molar-refractivity contribution in [2.45, 2.75) is 25.8 Å². The number of hydrogen-bond acceptors (Lipinski definition) is 4. The van der Waals surface area contributed by atoms with E-state index in [0.29, 0.717) is 11.4 Å². The van der Waals surface area contributed by atoms with E-state index in [1.807, 2.05) is 6.92 Å². The molecular weight excluding hydrogens is 313 g/mol. The number of benzene rings is 1. The third-order valence-electron chi connectivity index (χ3n) is 4.20. The summed E-state index contributed by atoms with van der Waals surface area (Å²) in [7, 11) is 2.08. The Morgan fingerprint density at radius 1 is 1.39 bits per heavy atom. The van der Waals surface area contributed by atoms with Crippen molar-refractivity contribution >= 4 is 22.9 Å². The number of carbonyl (C=O) groups is 1. The van der Waals surface area contributed by atoms with Crippen molar-refractivity contribution in [2.75, 3.05) is 25.0 Å². The fourth-order valence-electron chi connectivity index (χ4n) is 2.96. The van der Waals surface area contributed by atoms with Gasteiger partial charge in [0.2, 0.25) is 0 Å². The first-order chi connectivity index (χ1) is 11.0. The Bertz CT molecular complexity index is 695. The van der Waals surface area contributed by atoms with Gasteiger partial charge in [0.15, 0.2) is 0 Å². The quantitative estimate of drug-likeness (QED) is 0.864. The van der Waals surface area contributed by atoms with E-state index in [-0.39, 0.29) is 17.8 Å². The minimum absolute atomic E-state index is 0.0718. The predicted octanol–water partition coefficient (Wildman–Crippen LogP) is 3.33. The molecular formula is C17H20FN3OS. The average Bonchev–Trinajstić information content (AvgIpc) is 2.96. The monoisotopic (exact) mass is 333 g/mol. The number of anilines is 1. The lowest BCUT2D eigenvalue weighted by atomic mass is 10.0. The Morgan fingerprint density at radius 2 is 2.13 bits per heavy atom. The Hall–Kier alpha value is -1.79. The van der Waals surface area contributed by atoms with Crippen LogP contribution >= 0.6 is 11.3 Å². The number of amides is 1. The molecule has 0 unspecified atom stereocenters. The van der Waals surface area contributed by atoms with Gasteiger partial charge in [-0.15, -0.1) is 11.3 Å². The standard InChI is InChI=1S/C17H20FN3OS/c1-12-19-16(11-23-12)17(22)21(14-6-8-20(2)9-7-14)15-5-3-4-13(18)10-15/h3-5,10-11,14H,6-9H2,1-2H3. The minimum atomic E-state index is -0.331. The lowest BCUT2D eigenvalue weighted by Crippen LogP contribution is -2.47. The zero-order valence-corrected chi connectivity index (χ0v) is 14.1. The van der Waals surface area contributed by atoms with E-state index in [0.717, 1.165) is 30.9 Å². The van der Waals surface area contributed by atoms with Crippen LogP contribution in [0.15, 0.2) is 29.6 Å². The van der Waals surface area contributed by atoms with Crippen molar-refractivity contribution < 1.29 is 9.18 Å². The van der Waals surface area contributed by atoms with Crippen LogP contribution in [-0.4, -0.2) is 42.0 Å². The van der Waals surface area contributed by atoms with Gasteiger partial charge in [-0.1, -0.05) is 6.07 Å². The van der Waals surface area contributed by atoms with Crippen molar-refractivity contribution in [3.63, 3.8) is 0 Å². The van der Waals surface area contributed by atoms with Gasteiger partial charge in [-0.05, 0) is 58.1 Å². The number of nitrogens with zero attached hydrogens (tertiary/aromatic N) is 3. The molecule has 0 spiro atoms. The molecule has 1 aromatic carbocycles. The van der Waals surface area contributed by atoms with Crippen LogP contribution in [0.1, 0.15) is 28.3 Å². The van der Waals surface area contributed by atoms with Crippen LogP contribution in [0.5, 0.6) is 0 Å². The summed E-state index contributed by atoms with van der Waals surface area (Å²) < 4.78 is 13.7. The number of hydrogen-bond donors (Lipinski definition) is 0. The molecule has 0 radical (unpaired) electrons. The summed E-state index contributed by atoms with van der Waals surface area (Å²) in [5, 5.41) is 2.63. The highest BCUT2D eigenvalue weighted by Crippen LogP contribution is 2.26. The Balaban J connectivity index is 1.94. The summed E-state index contributed by atoms with van der Waals surface area (Å²) in [5.74, 6) is -0.475. The van der Waals surface area contributed by atoms with Crippen LogP contribution < -0.4 is 4.90 Å². The van der Waals surface area contributed by atoms with Crippen molar-refractivity contribution in [2.24, 2.45) is 0 Å². The average molecular weight is 333 g/mol. The van der Waals surface area contributed by atoms with Crippen molar-refractivity contribution in [3.05, 3.63) is 46.2 Å². The molecule has 0 atom stereocenters. The number of piperidine rings is 1. The molecule has 1 aromatic heterocycles. The van der Waals surface area contributed by atoms with Gasteiger partial charge in [0.05, 0.1) is 5.01 Å². The lowest BCUT2D eigenvalue weighted by Gasteiger charge is -2.37. The molecule has 1 saturated heterocycles. The van der Waals surface area contributed by atoms with Crippen molar-refractivity contribution in [1.29, 1.82) is 0 Å². The van der Waals surface area contributed by atoms with E-state index < -0.39 is 0 Å². The Labute approximate surface area is 139 Å². The molecule has 23 heavy (non-hydrogen) atoms. The number of carbonyl (C=O) groups excluding carboxylic acids is 1. The summed E-state index contributed by atoms with van der Waals surface area (Å²) in [6.07, 6.45) is 1.75. The second-order valence-corrected chi connectivity index (χ2v) is 7.00. The van der Waals surface area contributed by atoms with E-state index >= 15 is 0 Å². The van der Waals surface area contributed by atoms with Crippen LogP contribution in [-0.2, 0) is 0 Å². The first-order valence-electron chi connectivity index (χ1n) is 7.74. The van der Waals surface area contributed by atoms with Gasteiger partial charge in [0.1, 0.15) is 11.5 Å². The molecule has 1 aliphatic heterocycles. The number of aryl methyl sites for hydroxylation is 1. The van der Waals surface area contributed by atoms with Gasteiger partial charge < -0.3 is 9.80 Å². The summed E-state index contributed by atoms with van der Waals surface area (Å²) in [5.41, 5.74) is 1.05. The Kier molecular flexibility index (Phi) is 4.73. The van der Waals surface area contributed by atoms with Crippen LogP contribution in [0, 0.1) is 12.7 Å². The van der Waals surface area contributed by atoms with Crippen LogP contribution in [0.25, 0.3) is 0 Å². The van der Waals surface area contributed by atoms with E-state index in [4.69, 9.17) is 0 Å². The molecule has 0 N–H and O–H groups in total. The number of likely N-dealkylation sites (tertiary alicyclic amines) is 1. The first-order valence-corrected chi connectivity index (χ1v) is 8.62. The van der Waals surface area contributed by atoms with Gasteiger partial charge in [-0.25, -0.2) is 9.37 Å². The minimum Gasteiger partial charge on any atom is -0.306 e. The topological polar surface area (TPSA) is 36.4 Å². The molecule has 4 nitrogen and oxygen atoms in total. The molecule has 0 saturated carbocycles. The fourth-order valence-corrected chi connectivity index (χ4v) is 3.54. The second kappa shape index (κ2) is 6.76. The van der Waals surface area contributed by atoms with Crippen molar-refractivity contribution in [3.8, 4) is 0 Å². The first kappa shape index (κ1) is 16.1. The molecule has 0 bridgehead atoms. The molecule has 3 rings (SSSR count). The lowest BCUT2D eigenvalue weighted by molar-refractivity contribution is 0.0959. The number of halogens is 1. The summed E-state index contributed by atoms with van der Waals surface area (Å²) >= 11 is 1.45. The molecule has 1 aliphatic rings. The van der Waals surface area contributed by atoms with Gasteiger partial charge in [-0.3, -0.25) is 4.79 Å². The van der Waals surface area contributed by atoms with E-state index in [2.05, 4.69) is 16.9 Å². The summed E-state index contributed by atoms with van der Waals surface area (Å²) in [6.45, 7) is 3.74. The number of rotatable bonds is 3. The predicted molar refractivity (Wildman–Crippen MR) is 90.6 cm³/mol. The molecule has 2 heterocycles. The Morgan fingerprint density at radius 3 is 2.74 bits per heavy atom. The largest absolute Gasteiger partial charge is 0.306 e. The maximum Gasteiger partial charge on any atom is 0.278 e. The summed E-state index contributed by atoms with van der Waals surface area (Å²) in [4.78, 5) is 21.3. The molecule has 0 aliphatic carbocycles. The molecule has 1 amide bonds.